The maximum absolute atomic E-state index is 14.0. The largest absolute Gasteiger partial charge is 0.496 e. The minimum Gasteiger partial charge on any atom is -0.496 e. The van der Waals surface area contributed by atoms with Gasteiger partial charge in [-0.3, -0.25) is 9.69 Å². The van der Waals surface area contributed by atoms with Gasteiger partial charge in [-0.1, -0.05) is 6.07 Å². The van der Waals surface area contributed by atoms with E-state index in [1.54, 1.807) is 21.0 Å². The van der Waals surface area contributed by atoms with Gasteiger partial charge in [-0.05, 0) is 74.6 Å². The maximum atomic E-state index is 14.0. The van der Waals surface area contributed by atoms with Gasteiger partial charge in [0.15, 0.2) is 0 Å². The third-order valence-electron chi connectivity index (χ3n) is 8.39. The third-order valence-corrected chi connectivity index (χ3v) is 8.39. The number of ether oxygens (including phenoxy) is 3. The van der Waals surface area contributed by atoms with Crippen molar-refractivity contribution in [1.29, 1.82) is 0 Å². The zero-order valence-corrected chi connectivity index (χ0v) is 23.8. The van der Waals surface area contributed by atoms with Crippen molar-refractivity contribution >= 4 is 17.9 Å². The highest BCUT2D eigenvalue weighted by Crippen LogP contribution is 2.50. The van der Waals surface area contributed by atoms with Gasteiger partial charge in [-0.15, -0.1) is 0 Å². The molecule has 2 saturated heterocycles. The normalized spacial score (nSPS) is 22.9. The van der Waals surface area contributed by atoms with Crippen LogP contribution in [0.2, 0.25) is 0 Å². The summed E-state index contributed by atoms with van der Waals surface area (Å²) in [7, 11) is 1.60. The van der Waals surface area contributed by atoms with Gasteiger partial charge in [0.2, 0.25) is 0 Å². The van der Waals surface area contributed by atoms with Crippen LogP contribution in [0.15, 0.2) is 48.5 Å². The molecule has 2 aliphatic heterocycles. The number of methoxy groups -OCH3 is 1. The number of halogens is 2. The molecule has 1 amide bonds. The van der Waals surface area contributed by atoms with Crippen molar-refractivity contribution in [2.24, 2.45) is 5.92 Å². The Balaban J connectivity index is 1.35. The molecule has 6 rings (SSSR count). The van der Waals surface area contributed by atoms with Crippen molar-refractivity contribution < 1.29 is 32.6 Å². The number of esters is 1. The van der Waals surface area contributed by atoms with E-state index in [1.165, 1.54) is 17.0 Å². The van der Waals surface area contributed by atoms with Crippen LogP contribution in [0.4, 0.5) is 19.4 Å². The highest BCUT2D eigenvalue weighted by molar-refractivity contribution is 5.79. The molecule has 0 radical (unpaired) electrons. The molecular formula is C32H33F2N3O5. The lowest BCUT2D eigenvalue weighted by atomic mass is 9.97. The average Bonchev–Trinajstić information content (AvgIpc) is 3.69. The zero-order valence-electron chi connectivity index (χ0n) is 23.8. The maximum Gasteiger partial charge on any atom is 0.411 e. The number of carbonyl (C=O) groups excluding carboxylic acids is 2. The Morgan fingerprint density at radius 3 is 2.48 bits per heavy atom. The summed E-state index contributed by atoms with van der Waals surface area (Å²) >= 11 is 0. The van der Waals surface area contributed by atoms with Crippen molar-refractivity contribution in [2.75, 3.05) is 31.7 Å². The number of hydrogen-bond donors (Lipinski definition) is 0. The molecular weight excluding hydrogens is 544 g/mol. The molecule has 1 aliphatic carbocycles. The van der Waals surface area contributed by atoms with E-state index >= 15 is 0 Å². The van der Waals surface area contributed by atoms with Gasteiger partial charge in [-0.25, -0.2) is 18.6 Å². The fourth-order valence-corrected chi connectivity index (χ4v) is 5.88. The lowest BCUT2D eigenvalue weighted by Crippen LogP contribution is -2.38. The Morgan fingerprint density at radius 2 is 1.81 bits per heavy atom. The molecule has 3 fully saturated rings. The number of pyridine rings is 1. The van der Waals surface area contributed by atoms with Crippen molar-refractivity contribution in [3.63, 3.8) is 0 Å². The number of rotatable bonds is 9. The second kappa shape index (κ2) is 11.2. The Morgan fingerprint density at radius 1 is 1.05 bits per heavy atom. The Kier molecular flexibility index (Phi) is 7.47. The molecule has 42 heavy (non-hydrogen) atoms. The molecule has 4 atom stereocenters. The first-order valence-electron chi connectivity index (χ1n) is 14.3. The third kappa shape index (κ3) is 5.26. The van der Waals surface area contributed by atoms with E-state index in [9.17, 15) is 18.4 Å². The topological polar surface area (TPSA) is 81.2 Å². The van der Waals surface area contributed by atoms with E-state index in [1.807, 2.05) is 30.3 Å². The Bertz CT molecular complexity index is 1510. The van der Waals surface area contributed by atoms with E-state index < -0.39 is 29.9 Å². The zero-order chi connectivity index (χ0) is 29.5. The van der Waals surface area contributed by atoms with Crippen molar-refractivity contribution in [3.05, 3.63) is 77.0 Å². The van der Waals surface area contributed by atoms with E-state index in [0.717, 1.165) is 54.5 Å². The number of anilines is 1. The summed E-state index contributed by atoms with van der Waals surface area (Å²) in [5, 5.41) is 0. The number of nitrogens with zero attached hydrogens (tertiary/aromatic N) is 3. The molecule has 1 aromatic heterocycles. The minimum atomic E-state index is -0.836. The molecule has 0 unspecified atom stereocenters. The summed E-state index contributed by atoms with van der Waals surface area (Å²) in [5.74, 6) is -0.304. The van der Waals surface area contributed by atoms with Crippen LogP contribution < -0.4 is 9.64 Å². The first-order chi connectivity index (χ1) is 20.3. The van der Waals surface area contributed by atoms with Crippen LogP contribution in [-0.2, 0) is 20.8 Å². The van der Waals surface area contributed by atoms with Gasteiger partial charge in [0.25, 0.3) is 0 Å². The fraction of sp³-hybridized carbons (Fsp3) is 0.406. The molecule has 0 spiro atoms. The van der Waals surface area contributed by atoms with Crippen molar-refractivity contribution in [3.8, 4) is 16.9 Å². The number of aromatic nitrogens is 1. The van der Waals surface area contributed by atoms with Crippen LogP contribution in [0.1, 0.15) is 55.5 Å². The van der Waals surface area contributed by atoms with Crippen molar-refractivity contribution in [2.45, 2.75) is 51.3 Å². The smallest absolute Gasteiger partial charge is 0.411 e. The lowest BCUT2D eigenvalue weighted by molar-refractivity contribution is -0.144. The van der Waals surface area contributed by atoms with Gasteiger partial charge in [-0.2, -0.15) is 0 Å². The monoisotopic (exact) mass is 577 g/mol. The van der Waals surface area contributed by atoms with Gasteiger partial charge in [0.1, 0.15) is 29.3 Å². The van der Waals surface area contributed by atoms with Gasteiger partial charge >= 0.3 is 12.1 Å². The van der Waals surface area contributed by atoms with E-state index in [2.05, 4.69) is 4.90 Å². The molecule has 0 N–H and O–H groups in total. The average molecular weight is 578 g/mol. The summed E-state index contributed by atoms with van der Waals surface area (Å²) in [4.78, 5) is 34.1. The summed E-state index contributed by atoms with van der Waals surface area (Å²) in [5.41, 5.74) is 3.48. The first-order valence-corrected chi connectivity index (χ1v) is 14.3. The standard InChI is InChI=1S/C32H33F2N3O5/c1-4-41-31(38)26-16-24(26)19-6-8-28(40-3)25(14-19)23-7-9-29(36-10-5-11-36)35-27(23)17-37-18(2)30(42-32(37)39)20-12-21(33)15-22(34)13-20/h6-9,12-15,18,24,26,30H,4-5,10-11,16-17H2,1-3H3/t18-,24+,26+,30-/m0/s1. The van der Waals surface area contributed by atoms with Gasteiger partial charge in [0, 0.05) is 35.8 Å². The van der Waals surface area contributed by atoms with Gasteiger partial charge in [0.05, 0.1) is 37.9 Å². The highest BCUT2D eigenvalue weighted by atomic mass is 19.1. The predicted molar refractivity (Wildman–Crippen MR) is 151 cm³/mol. The van der Waals surface area contributed by atoms with Crippen molar-refractivity contribution in [1.82, 2.24) is 9.88 Å². The molecule has 3 heterocycles. The molecule has 1 saturated carbocycles. The number of carbonyl (C=O) groups is 2. The van der Waals surface area contributed by atoms with E-state index in [4.69, 9.17) is 19.2 Å². The van der Waals surface area contributed by atoms with Crippen LogP contribution in [0.25, 0.3) is 11.1 Å². The Hall–Kier alpha value is -4.21. The SMILES string of the molecule is CCOC(=O)[C@@H]1C[C@@H]1c1ccc(OC)c(-c2ccc(N3CCC3)nc2CN2C(=O)O[C@H](c3cc(F)cc(F)c3)[C@@H]2C)c1. The molecule has 2 aromatic carbocycles. The van der Waals surface area contributed by atoms with Crippen LogP contribution in [-0.4, -0.2) is 54.8 Å². The summed E-state index contributed by atoms with van der Waals surface area (Å²) < 4.78 is 44.5. The molecule has 8 nitrogen and oxygen atoms in total. The number of hydrogen-bond acceptors (Lipinski definition) is 7. The first kappa shape index (κ1) is 27.9. The van der Waals surface area contributed by atoms with E-state index in [0.29, 0.717) is 18.1 Å². The van der Waals surface area contributed by atoms with Crippen LogP contribution in [0.3, 0.4) is 0 Å². The van der Waals surface area contributed by atoms with E-state index in [-0.39, 0.29) is 29.9 Å². The fourth-order valence-electron chi connectivity index (χ4n) is 5.88. The molecule has 3 aromatic rings. The quantitative estimate of drug-likeness (QED) is 0.289. The van der Waals surface area contributed by atoms with Gasteiger partial charge < -0.3 is 19.1 Å². The number of cyclic esters (lactones) is 1. The number of amides is 1. The minimum absolute atomic E-state index is 0.0616. The summed E-state index contributed by atoms with van der Waals surface area (Å²) in [6.07, 6.45) is 0.384. The predicted octanol–water partition coefficient (Wildman–Crippen LogP) is 5.99. The number of benzene rings is 2. The Labute approximate surface area is 243 Å². The molecule has 220 valence electrons. The molecule has 0 bridgehead atoms. The molecule has 3 aliphatic rings. The highest BCUT2D eigenvalue weighted by Gasteiger charge is 2.45. The van der Waals surface area contributed by atoms with Crippen LogP contribution in [0.5, 0.6) is 5.75 Å². The summed E-state index contributed by atoms with van der Waals surface area (Å²) in [6, 6.07) is 12.5. The second-order valence-corrected chi connectivity index (χ2v) is 11.0. The summed E-state index contributed by atoms with van der Waals surface area (Å²) in [6.45, 7) is 5.86. The lowest BCUT2D eigenvalue weighted by Gasteiger charge is -2.33. The second-order valence-electron chi connectivity index (χ2n) is 11.0. The van der Waals surface area contributed by atoms with Crippen LogP contribution >= 0.6 is 0 Å². The molecule has 10 heteroatoms. The van der Waals surface area contributed by atoms with Crippen LogP contribution in [0, 0.1) is 17.6 Å².